The number of ketones is 1. The molecule has 0 spiro atoms. The Kier molecular flexibility index (Phi) is 4.51. The van der Waals surface area contributed by atoms with Gasteiger partial charge in [0.15, 0.2) is 0 Å². The molecule has 1 fully saturated rings. The maximum absolute atomic E-state index is 13.2. The molecule has 2 amide bonds. The van der Waals surface area contributed by atoms with Crippen molar-refractivity contribution in [3.8, 4) is 6.07 Å². The molecule has 1 aliphatic heterocycles. The average molecular weight is 303 g/mol. The van der Waals surface area contributed by atoms with Crippen molar-refractivity contribution in [3.05, 3.63) is 29.6 Å². The van der Waals surface area contributed by atoms with Crippen LogP contribution in [-0.2, 0) is 14.4 Å². The van der Waals surface area contributed by atoms with Crippen molar-refractivity contribution in [3.63, 3.8) is 0 Å². The number of carbonyl (C=O) groups is 3. The van der Waals surface area contributed by atoms with Gasteiger partial charge in [0.1, 0.15) is 11.9 Å². The Bertz CT molecular complexity index is 681. The minimum atomic E-state index is -0.653. The van der Waals surface area contributed by atoms with E-state index < -0.39 is 23.4 Å². The number of nitrogens with one attached hydrogen (secondary N) is 1. The van der Waals surface area contributed by atoms with E-state index in [2.05, 4.69) is 5.32 Å². The Balaban J connectivity index is 2.01. The minimum Gasteiger partial charge on any atom is -0.335 e. The quantitative estimate of drug-likeness (QED) is 0.846. The maximum Gasteiger partial charge on any atom is 0.289 e. The first-order valence-electron chi connectivity index (χ1n) is 6.72. The molecule has 114 valence electrons. The molecular weight excluding hydrogens is 289 g/mol. The van der Waals surface area contributed by atoms with E-state index in [0.717, 1.165) is 6.07 Å². The van der Waals surface area contributed by atoms with E-state index in [-0.39, 0.29) is 18.0 Å². The molecule has 1 heterocycles. The van der Waals surface area contributed by atoms with Crippen molar-refractivity contribution < 1.29 is 18.8 Å². The van der Waals surface area contributed by atoms with Crippen LogP contribution in [-0.4, -0.2) is 35.6 Å². The average Bonchev–Trinajstić information content (AvgIpc) is 2.98. The second kappa shape index (κ2) is 6.35. The van der Waals surface area contributed by atoms with Gasteiger partial charge in [0.25, 0.3) is 5.91 Å². The predicted octanol–water partition coefficient (Wildman–Crippen LogP) is 1.07. The summed E-state index contributed by atoms with van der Waals surface area (Å²) < 4.78 is 13.2. The molecule has 0 aromatic heterocycles. The van der Waals surface area contributed by atoms with E-state index in [9.17, 15) is 18.8 Å². The molecule has 0 saturated carbocycles. The standard InChI is InChI=1S/C15H14FN3O3/c1-9(20)15(22)19-5-4-10(8-19)14(21)18-12-2-3-13(16)11(6-12)7-17/h2-3,6,10H,4-5,8H2,1H3,(H,18,21)/t10-/m0/s1. The molecule has 2 rings (SSSR count). The van der Waals surface area contributed by atoms with Crippen LogP contribution in [0, 0.1) is 23.1 Å². The molecule has 1 aromatic carbocycles. The normalized spacial score (nSPS) is 17.0. The summed E-state index contributed by atoms with van der Waals surface area (Å²) >= 11 is 0. The van der Waals surface area contributed by atoms with E-state index >= 15 is 0 Å². The van der Waals surface area contributed by atoms with Gasteiger partial charge in [0.2, 0.25) is 11.7 Å². The molecular formula is C15H14FN3O3. The highest BCUT2D eigenvalue weighted by Crippen LogP contribution is 2.20. The van der Waals surface area contributed by atoms with Crippen molar-refractivity contribution in [2.24, 2.45) is 5.92 Å². The van der Waals surface area contributed by atoms with Gasteiger partial charge < -0.3 is 10.2 Å². The first-order chi connectivity index (χ1) is 10.4. The van der Waals surface area contributed by atoms with E-state index in [1.54, 1.807) is 6.07 Å². The number of carbonyl (C=O) groups excluding carboxylic acids is 3. The van der Waals surface area contributed by atoms with E-state index in [0.29, 0.717) is 18.7 Å². The lowest BCUT2D eigenvalue weighted by Crippen LogP contribution is -2.35. The molecule has 6 nitrogen and oxygen atoms in total. The number of amides is 2. The zero-order chi connectivity index (χ0) is 16.3. The van der Waals surface area contributed by atoms with Gasteiger partial charge in [-0.3, -0.25) is 14.4 Å². The van der Waals surface area contributed by atoms with Gasteiger partial charge >= 0.3 is 0 Å². The van der Waals surface area contributed by atoms with Crippen LogP contribution in [0.5, 0.6) is 0 Å². The van der Waals surface area contributed by atoms with Crippen LogP contribution < -0.4 is 5.32 Å². The van der Waals surface area contributed by atoms with Crippen molar-refractivity contribution >= 4 is 23.3 Å². The van der Waals surface area contributed by atoms with Crippen molar-refractivity contribution in [1.29, 1.82) is 5.26 Å². The first-order valence-corrected chi connectivity index (χ1v) is 6.72. The van der Waals surface area contributed by atoms with Gasteiger partial charge in [-0.05, 0) is 24.6 Å². The van der Waals surface area contributed by atoms with Gasteiger partial charge in [0.05, 0.1) is 11.5 Å². The van der Waals surface area contributed by atoms with E-state index in [1.165, 1.54) is 24.0 Å². The zero-order valence-corrected chi connectivity index (χ0v) is 11.9. The third-order valence-electron chi connectivity index (χ3n) is 3.50. The maximum atomic E-state index is 13.2. The number of likely N-dealkylation sites (tertiary alicyclic amines) is 1. The second-order valence-electron chi connectivity index (χ2n) is 5.09. The Morgan fingerprint density at radius 2 is 2.14 bits per heavy atom. The van der Waals surface area contributed by atoms with Gasteiger partial charge in [-0.1, -0.05) is 0 Å². The molecule has 0 unspecified atom stereocenters. The Morgan fingerprint density at radius 1 is 1.41 bits per heavy atom. The molecule has 0 aliphatic carbocycles. The largest absolute Gasteiger partial charge is 0.335 e. The van der Waals surface area contributed by atoms with Crippen molar-refractivity contribution in [2.75, 3.05) is 18.4 Å². The van der Waals surface area contributed by atoms with Crippen LogP contribution in [0.2, 0.25) is 0 Å². The summed E-state index contributed by atoms with van der Waals surface area (Å²) in [5.41, 5.74) is 0.164. The lowest BCUT2D eigenvalue weighted by Gasteiger charge is -2.14. The summed E-state index contributed by atoms with van der Waals surface area (Å²) in [6, 6.07) is 5.42. The highest BCUT2D eigenvalue weighted by molar-refractivity contribution is 6.35. The molecule has 1 aliphatic rings. The van der Waals surface area contributed by atoms with E-state index in [4.69, 9.17) is 5.26 Å². The SMILES string of the molecule is CC(=O)C(=O)N1CC[C@H](C(=O)Nc2ccc(F)c(C#N)c2)C1. The second-order valence-corrected chi connectivity index (χ2v) is 5.09. The number of halogens is 1. The number of benzene rings is 1. The number of rotatable bonds is 3. The smallest absolute Gasteiger partial charge is 0.289 e. The molecule has 0 bridgehead atoms. The molecule has 7 heteroatoms. The summed E-state index contributed by atoms with van der Waals surface area (Å²) in [5.74, 6) is -2.56. The highest BCUT2D eigenvalue weighted by atomic mass is 19.1. The van der Waals surface area contributed by atoms with Gasteiger partial charge in [-0.25, -0.2) is 4.39 Å². The van der Waals surface area contributed by atoms with Crippen LogP contribution in [0.1, 0.15) is 18.9 Å². The molecule has 1 N–H and O–H groups in total. The number of nitriles is 1. The molecule has 1 saturated heterocycles. The third kappa shape index (κ3) is 3.28. The molecule has 1 aromatic rings. The van der Waals surface area contributed by atoms with Crippen LogP contribution >= 0.6 is 0 Å². The fourth-order valence-electron chi connectivity index (χ4n) is 2.31. The lowest BCUT2D eigenvalue weighted by atomic mass is 10.1. The third-order valence-corrected chi connectivity index (χ3v) is 3.50. The Hall–Kier alpha value is -2.75. The fourth-order valence-corrected chi connectivity index (χ4v) is 2.31. The number of Topliss-reactive ketones (excluding diaryl/α,β-unsaturated/α-hetero) is 1. The highest BCUT2D eigenvalue weighted by Gasteiger charge is 2.32. The molecule has 1 atom stereocenters. The molecule has 0 radical (unpaired) electrons. The number of hydrogen-bond acceptors (Lipinski definition) is 4. The summed E-state index contributed by atoms with van der Waals surface area (Å²) in [6.45, 7) is 1.72. The van der Waals surface area contributed by atoms with Crippen molar-refractivity contribution in [2.45, 2.75) is 13.3 Å². The number of hydrogen-bond donors (Lipinski definition) is 1. The number of nitrogens with zero attached hydrogens (tertiary/aromatic N) is 2. The van der Waals surface area contributed by atoms with Gasteiger partial charge in [-0.2, -0.15) is 5.26 Å². The van der Waals surface area contributed by atoms with Crippen LogP contribution in [0.3, 0.4) is 0 Å². The monoisotopic (exact) mass is 303 g/mol. The Morgan fingerprint density at radius 3 is 2.77 bits per heavy atom. The topological polar surface area (TPSA) is 90.3 Å². The van der Waals surface area contributed by atoms with Crippen LogP contribution in [0.25, 0.3) is 0 Å². The van der Waals surface area contributed by atoms with E-state index in [1.807, 2.05) is 0 Å². The van der Waals surface area contributed by atoms with Gasteiger partial charge in [0, 0.05) is 25.7 Å². The summed E-state index contributed by atoms with van der Waals surface area (Å²) in [5, 5.41) is 11.4. The molecule has 22 heavy (non-hydrogen) atoms. The lowest BCUT2D eigenvalue weighted by molar-refractivity contribution is -0.143. The predicted molar refractivity (Wildman–Crippen MR) is 75.1 cm³/mol. The summed E-state index contributed by atoms with van der Waals surface area (Å²) in [7, 11) is 0. The zero-order valence-electron chi connectivity index (χ0n) is 11.9. The van der Waals surface area contributed by atoms with Gasteiger partial charge in [-0.15, -0.1) is 0 Å². The fraction of sp³-hybridized carbons (Fsp3) is 0.333. The van der Waals surface area contributed by atoms with Crippen LogP contribution in [0.4, 0.5) is 10.1 Å². The first kappa shape index (κ1) is 15.6. The van der Waals surface area contributed by atoms with Crippen LogP contribution in [0.15, 0.2) is 18.2 Å². The summed E-state index contributed by atoms with van der Waals surface area (Å²) in [6.07, 6.45) is 0.456. The van der Waals surface area contributed by atoms with Crippen molar-refractivity contribution in [1.82, 2.24) is 4.90 Å². The minimum absolute atomic E-state index is 0.155. The summed E-state index contributed by atoms with van der Waals surface area (Å²) in [4.78, 5) is 36.1. The Labute approximate surface area is 126 Å². The number of anilines is 1.